The maximum Gasteiger partial charge on any atom is 0.306 e. The van der Waals surface area contributed by atoms with E-state index in [2.05, 4.69) is 24.3 Å². The van der Waals surface area contributed by atoms with Crippen LogP contribution in [0.5, 0.6) is 0 Å². The maximum absolute atomic E-state index is 11.5. The zero-order valence-electron chi connectivity index (χ0n) is 11.3. The van der Waals surface area contributed by atoms with Crippen molar-refractivity contribution in [2.45, 2.75) is 44.4 Å². The molecule has 102 valence electrons. The molecule has 4 atom stereocenters. The molecule has 0 amide bonds. The van der Waals surface area contributed by atoms with Crippen molar-refractivity contribution in [2.75, 3.05) is 0 Å². The van der Waals surface area contributed by atoms with Crippen LogP contribution in [-0.2, 0) is 4.79 Å². The molecule has 0 aromatic heterocycles. The summed E-state index contributed by atoms with van der Waals surface area (Å²) in [7, 11) is 0. The van der Waals surface area contributed by atoms with E-state index < -0.39 is 5.97 Å². The molecule has 4 unspecified atom stereocenters. The molecule has 0 bridgehead atoms. The van der Waals surface area contributed by atoms with E-state index in [1.807, 2.05) is 6.07 Å². The number of carbonyl (C=O) groups is 1. The number of aliphatic carboxylic acids is 1. The molecular formula is C17H22O2. The zero-order valence-corrected chi connectivity index (χ0v) is 11.3. The van der Waals surface area contributed by atoms with Gasteiger partial charge in [0.1, 0.15) is 0 Å². The molecule has 0 spiro atoms. The van der Waals surface area contributed by atoms with Gasteiger partial charge in [0.15, 0.2) is 0 Å². The Balaban J connectivity index is 1.73. The Morgan fingerprint density at radius 3 is 2.47 bits per heavy atom. The SMILES string of the molecule is O=C(O)C1CCCCCC1C1CC1c1ccccc1. The fourth-order valence-corrected chi connectivity index (χ4v) is 3.93. The van der Waals surface area contributed by atoms with Gasteiger partial charge in [0.25, 0.3) is 0 Å². The largest absolute Gasteiger partial charge is 0.481 e. The van der Waals surface area contributed by atoms with Crippen molar-refractivity contribution in [1.82, 2.24) is 0 Å². The van der Waals surface area contributed by atoms with E-state index in [9.17, 15) is 9.90 Å². The molecule has 0 saturated heterocycles. The monoisotopic (exact) mass is 258 g/mol. The molecule has 1 N–H and O–H groups in total. The van der Waals surface area contributed by atoms with E-state index in [-0.39, 0.29) is 5.92 Å². The van der Waals surface area contributed by atoms with Crippen LogP contribution in [0.25, 0.3) is 0 Å². The smallest absolute Gasteiger partial charge is 0.306 e. The Labute approximate surface area is 114 Å². The molecule has 0 aliphatic heterocycles. The fraction of sp³-hybridized carbons (Fsp3) is 0.588. The Morgan fingerprint density at radius 2 is 1.74 bits per heavy atom. The highest BCUT2D eigenvalue weighted by Crippen LogP contribution is 2.56. The summed E-state index contributed by atoms with van der Waals surface area (Å²) >= 11 is 0. The molecule has 19 heavy (non-hydrogen) atoms. The molecule has 2 aliphatic carbocycles. The quantitative estimate of drug-likeness (QED) is 0.830. The summed E-state index contributed by atoms with van der Waals surface area (Å²) in [5.41, 5.74) is 1.40. The molecule has 2 heteroatoms. The van der Waals surface area contributed by atoms with Crippen LogP contribution in [0.15, 0.2) is 30.3 Å². The van der Waals surface area contributed by atoms with Crippen LogP contribution >= 0.6 is 0 Å². The number of hydrogen-bond donors (Lipinski definition) is 1. The van der Waals surface area contributed by atoms with Crippen LogP contribution < -0.4 is 0 Å². The lowest BCUT2D eigenvalue weighted by molar-refractivity contribution is -0.144. The minimum atomic E-state index is -0.564. The summed E-state index contributed by atoms with van der Waals surface area (Å²) in [6, 6.07) is 10.6. The van der Waals surface area contributed by atoms with Gasteiger partial charge in [-0.1, -0.05) is 49.6 Å². The van der Waals surface area contributed by atoms with E-state index in [0.717, 1.165) is 19.3 Å². The maximum atomic E-state index is 11.5. The molecule has 2 saturated carbocycles. The van der Waals surface area contributed by atoms with Crippen LogP contribution in [-0.4, -0.2) is 11.1 Å². The first kappa shape index (κ1) is 12.7. The third kappa shape index (κ3) is 2.68. The first-order valence-electron chi connectivity index (χ1n) is 7.55. The van der Waals surface area contributed by atoms with Crippen molar-refractivity contribution in [3.05, 3.63) is 35.9 Å². The lowest BCUT2D eigenvalue weighted by atomic mass is 9.83. The van der Waals surface area contributed by atoms with E-state index in [0.29, 0.717) is 17.8 Å². The second-order valence-electron chi connectivity index (χ2n) is 6.16. The minimum Gasteiger partial charge on any atom is -0.481 e. The highest BCUT2D eigenvalue weighted by molar-refractivity contribution is 5.70. The summed E-state index contributed by atoms with van der Waals surface area (Å²) in [6.07, 6.45) is 6.72. The predicted molar refractivity (Wildman–Crippen MR) is 75.0 cm³/mol. The van der Waals surface area contributed by atoms with Crippen molar-refractivity contribution in [3.8, 4) is 0 Å². The van der Waals surface area contributed by atoms with Crippen molar-refractivity contribution < 1.29 is 9.90 Å². The predicted octanol–water partition coefficient (Wildman–Crippen LogP) is 4.07. The molecule has 0 radical (unpaired) electrons. The van der Waals surface area contributed by atoms with Crippen molar-refractivity contribution in [1.29, 1.82) is 0 Å². The van der Waals surface area contributed by atoms with E-state index in [1.54, 1.807) is 0 Å². The Kier molecular flexibility index (Phi) is 3.58. The van der Waals surface area contributed by atoms with Gasteiger partial charge in [0.05, 0.1) is 5.92 Å². The average Bonchev–Trinajstić information content (AvgIpc) is 3.22. The Bertz CT molecular complexity index is 440. The number of hydrogen-bond acceptors (Lipinski definition) is 1. The molecule has 1 aromatic carbocycles. The number of carboxylic acid groups (broad SMARTS) is 1. The second-order valence-corrected chi connectivity index (χ2v) is 6.16. The van der Waals surface area contributed by atoms with Gasteiger partial charge in [-0.15, -0.1) is 0 Å². The molecular weight excluding hydrogens is 236 g/mol. The van der Waals surface area contributed by atoms with Gasteiger partial charge in [0, 0.05) is 0 Å². The zero-order chi connectivity index (χ0) is 13.2. The van der Waals surface area contributed by atoms with E-state index >= 15 is 0 Å². The van der Waals surface area contributed by atoms with Gasteiger partial charge in [0.2, 0.25) is 0 Å². The fourth-order valence-electron chi connectivity index (χ4n) is 3.93. The topological polar surface area (TPSA) is 37.3 Å². The summed E-state index contributed by atoms with van der Waals surface area (Å²) in [4.78, 5) is 11.5. The number of carboxylic acids is 1. The third-order valence-electron chi connectivity index (χ3n) is 5.00. The Hall–Kier alpha value is -1.31. The summed E-state index contributed by atoms with van der Waals surface area (Å²) in [6.45, 7) is 0. The van der Waals surface area contributed by atoms with Crippen LogP contribution in [0.1, 0.15) is 50.0 Å². The molecule has 2 fully saturated rings. The standard InChI is InChI=1S/C17H22O2/c18-17(19)14-10-6-2-5-9-13(14)16-11-15(16)12-7-3-1-4-8-12/h1,3-4,7-8,13-16H,2,5-6,9-11H2,(H,18,19). The number of benzene rings is 1. The Morgan fingerprint density at radius 1 is 1.00 bits per heavy atom. The molecule has 2 nitrogen and oxygen atoms in total. The van der Waals surface area contributed by atoms with Crippen LogP contribution in [0.3, 0.4) is 0 Å². The third-order valence-corrected chi connectivity index (χ3v) is 5.00. The van der Waals surface area contributed by atoms with Gasteiger partial charge in [-0.3, -0.25) is 4.79 Å². The summed E-state index contributed by atoms with van der Waals surface area (Å²) < 4.78 is 0. The van der Waals surface area contributed by atoms with Gasteiger partial charge < -0.3 is 5.11 Å². The first-order chi connectivity index (χ1) is 9.27. The minimum absolute atomic E-state index is 0.0961. The lowest BCUT2D eigenvalue weighted by Gasteiger charge is -2.21. The molecule has 3 rings (SSSR count). The molecule has 0 heterocycles. The van der Waals surface area contributed by atoms with Crippen LogP contribution in [0, 0.1) is 17.8 Å². The summed E-state index contributed by atoms with van der Waals surface area (Å²) in [5.74, 6) is 0.977. The lowest BCUT2D eigenvalue weighted by Crippen LogP contribution is -2.24. The van der Waals surface area contributed by atoms with Crippen molar-refractivity contribution in [2.24, 2.45) is 17.8 Å². The van der Waals surface area contributed by atoms with Crippen LogP contribution in [0.4, 0.5) is 0 Å². The van der Waals surface area contributed by atoms with Crippen molar-refractivity contribution in [3.63, 3.8) is 0 Å². The van der Waals surface area contributed by atoms with Gasteiger partial charge in [-0.05, 0) is 42.6 Å². The van der Waals surface area contributed by atoms with Crippen LogP contribution in [0.2, 0.25) is 0 Å². The second kappa shape index (κ2) is 5.36. The molecule has 2 aliphatic rings. The normalized spacial score (nSPS) is 34.5. The number of rotatable bonds is 3. The van der Waals surface area contributed by atoms with Gasteiger partial charge in [-0.2, -0.15) is 0 Å². The average molecular weight is 258 g/mol. The van der Waals surface area contributed by atoms with Gasteiger partial charge in [-0.25, -0.2) is 0 Å². The molecule has 1 aromatic rings. The highest BCUT2D eigenvalue weighted by Gasteiger charge is 2.47. The highest BCUT2D eigenvalue weighted by atomic mass is 16.4. The first-order valence-corrected chi connectivity index (χ1v) is 7.55. The van der Waals surface area contributed by atoms with Crippen molar-refractivity contribution >= 4 is 5.97 Å². The summed E-state index contributed by atoms with van der Waals surface area (Å²) in [5, 5.41) is 9.47. The van der Waals surface area contributed by atoms with Gasteiger partial charge >= 0.3 is 5.97 Å². The van der Waals surface area contributed by atoms with E-state index in [1.165, 1.54) is 24.8 Å². The van der Waals surface area contributed by atoms with E-state index in [4.69, 9.17) is 0 Å².